The van der Waals surface area contributed by atoms with Crippen LogP contribution < -0.4 is 0 Å². The third kappa shape index (κ3) is 2.86. The van der Waals surface area contributed by atoms with Crippen LogP contribution in [0.25, 0.3) is 0 Å². The van der Waals surface area contributed by atoms with Gasteiger partial charge < -0.3 is 0 Å². The minimum atomic E-state index is 0.00988. The number of benzene rings is 1. The van der Waals surface area contributed by atoms with Crippen LogP contribution in [0.3, 0.4) is 0 Å². The Hall–Kier alpha value is -3.14. The summed E-state index contributed by atoms with van der Waals surface area (Å²) in [6.45, 7) is 0.617. The lowest BCUT2D eigenvalue weighted by Crippen LogP contribution is -2.25. The smallest absolute Gasteiger partial charge is 0.111 e. The molecule has 1 aliphatic heterocycles. The minimum absolute atomic E-state index is 0.00988. The summed E-state index contributed by atoms with van der Waals surface area (Å²) < 4.78 is 0. The van der Waals surface area contributed by atoms with Gasteiger partial charge >= 0.3 is 0 Å². The molecule has 2 aromatic heterocycles. The maximum Gasteiger partial charge on any atom is 0.111 e. The Kier molecular flexibility index (Phi) is 3.94. The third-order valence-corrected chi connectivity index (χ3v) is 3.93. The van der Waals surface area contributed by atoms with Gasteiger partial charge in [0.05, 0.1) is 24.0 Å². The molecule has 0 spiro atoms. The van der Waals surface area contributed by atoms with Crippen molar-refractivity contribution in [3.8, 4) is 0 Å². The predicted molar refractivity (Wildman–Crippen MR) is 95.6 cm³/mol. The second kappa shape index (κ2) is 6.54. The highest BCUT2D eigenvalue weighted by Gasteiger charge is 2.23. The molecule has 24 heavy (non-hydrogen) atoms. The fourth-order valence-electron chi connectivity index (χ4n) is 2.76. The molecule has 4 rings (SSSR count). The van der Waals surface area contributed by atoms with Crippen molar-refractivity contribution < 1.29 is 0 Å². The van der Waals surface area contributed by atoms with E-state index < -0.39 is 0 Å². The summed E-state index contributed by atoms with van der Waals surface area (Å²) in [6.07, 6.45) is 3.55. The number of nitrogens with zero attached hydrogens (tertiary/aromatic N) is 4. The SMILES string of the molecule is c1ccc(C2CN=C(c3ccccn3)C(c3ccccn3)=N2)cc1. The highest BCUT2D eigenvalue weighted by molar-refractivity contribution is 6.53. The summed E-state index contributed by atoms with van der Waals surface area (Å²) in [6, 6.07) is 21.9. The molecule has 3 heterocycles. The molecule has 0 saturated heterocycles. The number of hydrogen-bond donors (Lipinski definition) is 0. The van der Waals surface area contributed by atoms with Crippen molar-refractivity contribution in [3.05, 3.63) is 96.1 Å². The van der Waals surface area contributed by atoms with Gasteiger partial charge in [-0.25, -0.2) is 0 Å². The molecule has 0 radical (unpaired) electrons. The average molecular weight is 312 g/mol. The van der Waals surface area contributed by atoms with E-state index in [4.69, 9.17) is 9.98 Å². The highest BCUT2D eigenvalue weighted by Crippen LogP contribution is 2.23. The van der Waals surface area contributed by atoms with Gasteiger partial charge in [0.1, 0.15) is 11.4 Å². The topological polar surface area (TPSA) is 50.5 Å². The molecule has 0 saturated carbocycles. The Morgan fingerprint density at radius 1 is 0.667 bits per heavy atom. The lowest BCUT2D eigenvalue weighted by atomic mass is 10.0. The van der Waals surface area contributed by atoms with E-state index in [1.807, 2.05) is 54.6 Å². The van der Waals surface area contributed by atoms with E-state index in [1.54, 1.807) is 12.4 Å². The van der Waals surface area contributed by atoms with Crippen molar-refractivity contribution in [2.45, 2.75) is 6.04 Å². The molecule has 3 aromatic rings. The molecule has 0 fully saturated rings. The molecule has 1 aromatic carbocycles. The van der Waals surface area contributed by atoms with Crippen LogP contribution in [-0.4, -0.2) is 27.9 Å². The van der Waals surface area contributed by atoms with E-state index in [-0.39, 0.29) is 6.04 Å². The first-order valence-electron chi connectivity index (χ1n) is 7.92. The van der Waals surface area contributed by atoms with Crippen molar-refractivity contribution in [2.24, 2.45) is 9.98 Å². The molecular weight excluding hydrogens is 296 g/mol. The van der Waals surface area contributed by atoms with E-state index >= 15 is 0 Å². The number of hydrogen-bond acceptors (Lipinski definition) is 4. The maximum atomic E-state index is 4.96. The molecule has 0 bridgehead atoms. The lowest BCUT2D eigenvalue weighted by molar-refractivity contribution is 0.733. The fraction of sp³-hybridized carbons (Fsp3) is 0.100. The number of aliphatic imine (C=N–C) groups is 2. The monoisotopic (exact) mass is 312 g/mol. The van der Waals surface area contributed by atoms with Crippen molar-refractivity contribution >= 4 is 11.4 Å². The van der Waals surface area contributed by atoms with Crippen LogP contribution in [0.15, 0.2) is 89.1 Å². The van der Waals surface area contributed by atoms with E-state index in [9.17, 15) is 0 Å². The van der Waals surface area contributed by atoms with Gasteiger partial charge in [-0.05, 0) is 29.8 Å². The Morgan fingerprint density at radius 3 is 1.92 bits per heavy atom. The minimum Gasteiger partial charge on any atom is -0.278 e. The molecule has 0 N–H and O–H groups in total. The van der Waals surface area contributed by atoms with Crippen LogP contribution in [0.4, 0.5) is 0 Å². The van der Waals surface area contributed by atoms with Gasteiger partial charge in [0.2, 0.25) is 0 Å². The van der Waals surface area contributed by atoms with Crippen LogP contribution in [-0.2, 0) is 0 Å². The van der Waals surface area contributed by atoms with Gasteiger partial charge in [-0.2, -0.15) is 0 Å². The number of pyridine rings is 2. The summed E-state index contributed by atoms with van der Waals surface area (Å²) >= 11 is 0. The third-order valence-electron chi connectivity index (χ3n) is 3.93. The summed E-state index contributed by atoms with van der Waals surface area (Å²) in [4.78, 5) is 18.7. The zero-order chi connectivity index (χ0) is 16.2. The average Bonchev–Trinajstić information content (AvgIpc) is 2.69. The normalized spacial score (nSPS) is 17.1. The molecule has 1 aliphatic rings. The van der Waals surface area contributed by atoms with Gasteiger partial charge in [-0.3, -0.25) is 20.0 Å². The van der Waals surface area contributed by atoms with Crippen LogP contribution in [0, 0.1) is 0 Å². The summed E-state index contributed by atoms with van der Waals surface area (Å²) in [7, 11) is 0. The van der Waals surface area contributed by atoms with Gasteiger partial charge in [0.15, 0.2) is 0 Å². The maximum absolute atomic E-state index is 4.96. The highest BCUT2D eigenvalue weighted by atomic mass is 15.0. The Labute approximate surface area is 140 Å². The zero-order valence-corrected chi connectivity index (χ0v) is 13.1. The van der Waals surface area contributed by atoms with Crippen LogP contribution in [0.5, 0.6) is 0 Å². The standard InChI is InChI=1S/C20H16N4/c1-2-8-15(9-3-1)18-14-23-19(16-10-4-6-12-21-16)20(24-18)17-11-5-7-13-22-17/h1-13,18H,14H2. The molecule has 1 unspecified atom stereocenters. The molecular formula is C20H16N4. The van der Waals surface area contributed by atoms with E-state index in [2.05, 4.69) is 22.1 Å². The summed E-state index contributed by atoms with van der Waals surface area (Å²) in [5.74, 6) is 0. The Balaban J connectivity index is 1.79. The van der Waals surface area contributed by atoms with Crippen molar-refractivity contribution in [2.75, 3.05) is 6.54 Å². The van der Waals surface area contributed by atoms with E-state index in [1.165, 1.54) is 0 Å². The first-order valence-corrected chi connectivity index (χ1v) is 7.92. The molecule has 4 nitrogen and oxygen atoms in total. The summed E-state index contributed by atoms with van der Waals surface area (Å²) in [5, 5.41) is 0. The van der Waals surface area contributed by atoms with Gasteiger partial charge in [0, 0.05) is 12.4 Å². The first-order chi connectivity index (χ1) is 11.9. The lowest BCUT2D eigenvalue weighted by Gasteiger charge is -2.20. The quantitative estimate of drug-likeness (QED) is 0.743. The Morgan fingerprint density at radius 2 is 1.29 bits per heavy atom. The van der Waals surface area contributed by atoms with E-state index in [0.29, 0.717) is 6.54 Å². The second-order valence-electron chi connectivity index (χ2n) is 5.52. The molecule has 1 atom stereocenters. The van der Waals surface area contributed by atoms with Crippen molar-refractivity contribution in [1.29, 1.82) is 0 Å². The van der Waals surface area contributed by atoms with Crippen LogP contribution in [0.2, 0.25) is 0 Å². The molecule has 116 valence electrons. The van der Waals surface area contributed by atoms with Crippen LogP contribution in [0.1, 0.15) is 23.0 Å². The fourth-order valence-corrected chi connectivity index (χ4v) is 2.76. The van der Waals surface area contributed by atoms with Gasteiger partial charge in [-0.1, -0.05) is 42.5 Å². The largest absolute Gasteiger partial charge is 0.278 e. The van der Waals surface area contributed by atoms with Crippen molar-refractivity contribution in [3.63, 3.8) is 0 Å². The second-order valence-corrected chi connectivity index (χ2v) is 5.52. The van der Waals surface area contributed by atoms with Crippen molar-refractivity contribution in [1.82, 2.24) is 9.97 Å². The predicted octanol–water partition coefficient (Wildman–Crippen LogP) is 3.51. The Bertz CT molecular complexity index is 871. The molecule has 0 aliphatic carbocycles. The number of rotatable bonds is 3. The molecule has 0 amide bonds. The van der Waals surface area contributed by atoms with Crippen LogP contribution >= 0.6 is 0 Å². The molecule has 4 heteroatoms. The summed E-state index contributed by atoms with van der Waals surface area (Å²) in [5.41, 5.74) is 4.42. The van der Waals surface area contributed by atoms with Gasteiger partial charge in [0.25, 0.3) is 0 Å². The first kappa shape index (κ1) is 14.5. The van der Waals surface area contributed by atoms with Gasteiger partial charge in [-0.15, -0.1) is 0 Å². The zero-order valence-electron chi connectivity index (χ0n) is 13.1. The number of aromatic nitrogens is 2. The van der Waals surface area contributed by atoms with E-state index in [0.717, 1.165) is 28.4 Å².